The number of carbonyl (C=O) groups is 1. The molecule has 0 aromatic carbocycles. The molecule has 8 nitrogen and oxygen atoms in total. The van der Waals surface area contributed by atoms with E-state index in [-0.39, 0.29) is 23.7 Å². The molecule has 2 N–H and O–H groups in total. The van der Waals surface area contributed by atoms with Crippen LogP contribution in [-0.4, -0.2) is 69.1 Å². The molecule has 200 valence electrons. The van der Waals surface area contributed by atoms with Gasteiger partial charge >= 0.3 is 6.18 Å². The number of piperidine rings is 1. The third-order valence-corrected chi connectivity index (χ3v) is 8.04. The molecule has 3 aliphatic rings. The number of carbonyl (C=O) groups excluding carboxylic acids is 1. The number of pyridine rings is 1. The first-order valence-corrected chi connectivity index (χ1v) is 13.0. The minimum Gasteiger partial charge on any atom is -0.384 e. The van der Waals surface area contributed by atoms with Crippen LogP contribution in [0, 0.1) is 5.92 Å². The number of aliphatic hydroxyl groups is 1. The van der Waals surface area contributed by atoms with E-state index >= 15 is 0 Å². The largest absolute Gasteiger partial charge is 0.433 e. The summed E-state index contributed by atoms with van der Waals surface area (Å²) in [6.07, 6.45) is 3.25. The number of rotatable bonds is 5. The molecule has 4 heterocycles. The van der Waals surface area contributed by atoms with Gasteiger partial charge in [-0.2, -0.15) is 13.2 Å². The fraction of sp³-hybridized carbons (Fsp3) is 0.615. The van der Waals surface area contributed by atoms with E-state index in [9.17, 15) is 23.1 Å². The Morgan fingerprint density at radius 1 is 1.00 bits per heavy atom. The van der Waals surface area contributed by atoms with Gasteiger partial charge in [0.1, 0.15) is 23.4 Å². The maximum Gasteiger partial charge on any atom is 0.433 e. The molecule has 1 atom stereocenters. The second-order valence-electron chi connectivity index (χ2n) is 10.5. The van der Waals surface area contributed by atoms with Gasteiger partial charge in [0.05, 0.1) is 5.69 Å². The lowest BCUT2D eigenvalue weighted by Crippen LogP contribution is -2.46. The molecule has 1 unspecified atom stereocenters. The number of hydrogen-bond acceptors (Lipinski definition) is 7. The zero-order valence-electron chi connectivity index (χ0n) is 20.7. The lowest BCUT2D eigenvalue weighted by atomic mass is 9.79. The summed E-state index contributed by atoms with van der Waals surface area (Å²) in [5, 5.41) is 14.7. The predicted octanol–water partition coefficient (Wildman–Crippen LogP) is 3.13. The number of aromatic nitrogens is 3. The lowest BCUT2D eigenvalue weighted by Gasteiger charge is -2.37. The van der Waals surface area contributed by atoms with Gasteiger partial charge in [0.2, 0.25) is 5.91 Å². The van der Waals surface area contributed by atoms with E-state index < -0.39 is 17.5 Å². The summed E-state index contributed by atoms with van der Waals surface area (Å²) in [6.45, 7) is 2.35. The van der Waals surface area contributed by atoms with Gasteiger partial charge in [-0.1, -0.05) is 6.07 Å². The molecule has 11 heteroatoms. The summed E-state index contributed by atoms with van der Waals surface area (Å²) < 4.78 is 38.9. The van der Waals surface area contributed by atoms with Crippen molar-refractivity contribution in [2.75, 3.05) is 31.1 Å². The van der Waals surface area contributed by atoms with Crippen molar-refractivity contribution in [3.8, 4) is 0 Å². The lowest BCUT2D eigenvalue weighted by molar-refractivity contribution is -0.141. The molecule has 2 aromatic heterocycles. The number of nitrogens with one attached hydrogen (secondary N) is 1. The van der Waals surface area contributed by atoms with Crippen molar-refractivity contribution in [2.45, 2.75) is 68.8 Å². The second-order valence-corrected chi connectivity index (χ2v) is 10.5. The number of anilines is 1. The van der Waals surface area contributed by atoms with Crippen LogP contribution in [0.25, 0.3) is 0 Å². The summed E-state index contributed by atoms with van der Waals surface area (Å²) in [4.78, 5) is 28.6. The van der Waals surface area contributed by atoms with Crippen molar-refractivity contribution in [1.82, 2.24) is 25.2 Å². The number of alkyl halides is 3. The summed E-state index contributed by atoms with van der Waals surface area (Å²) in [5.74, 6) is 0.263. The molecule has 1 saturated carbocycles. The Kier molecular flexibility index (Phi) is 7.35. The molecule has 0 radical (unpaired) electrons. The molecule has 1 aliphatic carbocycles. The number of nitrogens with zero attached hydrogens (tertiary/aromatic N) is 5. The first-order chi connectivity index (χ1) is 17.7. The highest BCUT2D eigenvalue weighted by Crippen LogP contribution is 2.36. The molecule has 2 saturated heterocycles. The standard InChI is InChI=1S/C26H33F3N6O2/c27-26(28,29)22-15-23(32-17-31-22)34-12-6-18(7-13-34)24(36)35-14-8-20(16-35)33-19-4-9-25(37,10-5-19)21-3-1-2-11-30-21/h1-3,11,15,17-20,33,37H,4-10,12-14,16H2. The normalized spacial score (nSPS) is 27.5. The second kappa shape index (κ2) is 10.5. The summed E-state index contributed by atoms with van der Waals surface area (Å²) in [5.41, 5.74) is -1.09. The molecule has 1 amide bonds. The molecular weight excluding hydrogens is 485 g/mol. The third-order valence-electron chi connectivity index (χ3n) is 8.04. The van der Waals surface area contributed by atoms with Gasteiger partial charge in [0.25, 0.3) is 0 Å². The van der Waals surface area contributed by atoms with Crippen LogP contribution in [0.3, 0.4) is 0 Å². The van der Waals surface area contributed by atoms with Crippen molar-refractivity contribution in [1.29, 1.82) is 0 Å². The van der Waals surface area contributed by atoms with Crippen molar-refractivity contribution in [3.05, 3.63) is 48.2 Å². The van der Waals surface area contributed by atoms with Crippen LogP contribution >= 0.6 is 0 Å². The molecule has 2 aromatic rings. The van der Waals surface area contributed by atoms with Gasteiger partial charge in [0.15, 0.2) is 0 Å². The molecule has 5 rings (SSSR count). The van der Waals surface area contributed by atoms with Gasteiger partial charge in [-0.25, -0.2) is 9.97 Å². The maximum absolute atomic E-state index is 13.2. The van der Waals surface area contributed by atoms with Crippen molar-refractivity contribution < 1.29 is 23.1 Å². The van der Waals surface area contributed by atoms with Gasteiger partial charge in [-0.05, 0) is 57.1 Å². The van der Waals surface area contributed by atoms with E-state index in [0.717, 1.165) is 37.4 Å². The van der Waals surface area contributed by atoms with Crippen LogP contribution in [0.2, 0.25) is 0 Å². The van der Waals surface area contributed by atoms with Crippen molar-refractivity contribution in [3.63, 3.8) is 0 Å². The first-order valence-electron chi connectivity index (χ1n) is 13.0. The van der Waals surface area contributed by atoms with Crippen LogP contribution in [0.5, 0.6) is 0 Å². The highest BCUT2D eigenvalue weighted by atomic mass is 19.4. The van der Waals surface area contributed by atoms with Crippen molar-refractivity contribution in [2.24, 2.45) is 5.92 Å². The Balaban J connectivity index is 1.07. The smallest absolute Gasteiger partial charge is 0.384 e. The minimum atomic E-state index is -4.51. The van der Waals surface area contributed by atoms with E-state index in [1.807, 2.05) is 23.1 Å². The van der Waals surface area contributed by atoms with Crippen LogP contribution in [0.4, 0.5) is 19.0 Å². The van der Waals surface area contributed by atoms with E-state index in [2.05, 4.69) is 20.3 Å². The molecule has 2 aliphatic heterocycles. The fourth-order valence-corrected chi connectivity index (χ4v) is 5.87. The minimum absolute atomic E-state index is 0.123. The van der Waals surface area contributed by atoms with E-state index in [4.69, 9.17) is 0 Å². The van der Waals surface area contributed by atoms with Crippen LogP contribution in [0.1, 0.15) is 56.3 Å². The van der Waals surface area contributed by atoms with Crippen LogP contribution in [0.15, 0.2) is 36.8 Å². The number of hydrogen-bond donors (Lipinski definition) is 2. The molecule has 0 bridgehead atoms. The highest BCUT2D eigenvalue weighted by molar-refractivity contribution is 5.79. The van der Waals surface area contributed by atoms with Gasteiger partial charge in [0, 0.05) is 56.4 Å². The Bertz CT molecular complexity index is 1070. The number of amides is 1. The molecule has 37 heavy (non-hydrogen) atoms. The van der Waals surface area contributed by atoms with E-state index in [1.165, 1.54) is 0 Å². The Labute approximate surface area is 214 Å². The van der Waals surface area contributed by atoms with Gasteiger partial charge in [-0.15, -0.1) is 0 Å². The zero-order chi connectivity index (χ0) is 26.0. The monoisotopic (exact) mass is 518 g/mol. The zero-order valence-corrected chi connectivity index (χ0v) is 20.7. The van der Waals surface area contributed by atoms with E-state index in [0.29, 0.717) is 57.9 Å². The topological polar surface area (TPSA) is 94.5 Å². The third kappa shape index (κ3) is 5.87. The predicted molar refractivity (Wildman–Crippen MR) is 130 cm³/mol. The molecule has 3 fully saturated rings. The molecular formula is C26H33F3N6O2. The average molecular weight is 519 g/mol. The fourth-order valence-electron chi connectivity index (χ4n) is 5.87. The molecule has 0 spiro atoms. The van der Waals surface area contributed by atoms with E-state index in [1.54, 1.807) is 11.1 Å². The summed E-state index contributed by atoms with van der Waals surface area (Å²) in [7, 11) is 0. The Morgan fingerprint density at radius 2 is 1.76 bits per heavy atom. The van der Waals surface area contributed by atoms with Gasteiger partial charge < -0.3 is 20.2 Å². The van der Waals surface area contributed by atoms with Gasteiger partial charge in [-0.3, -0.25) is 9.78 Å². The van der Waals surface area contributed by atoms with Crippen LogP contribution in [-0.2, 0) is 16.6 Å². The highest BCUT2D eigenvalue weighted by Gasteiger charge is 2.38. The number of halogens is 3. The Morgan fingerprint density at radius 3 is 2.43 bits per heavy atom. The number of likely N-dealkylation sites (tertiary alicyclic amines) is 1. The SMILES string of the molecule is O=C(C1CCN(c2cc(C(F)(F)F)ncn2)CC1)N1CCC(NC2CCC(O)(c3ccccn3)CC2)C1. The Hall–Kier alpha value is -2.79. The summed E-state index contributed by atoms with van der Waals surface area (Å²) in [6, 6.07) is 7.15. The summed E-state index contributed by atoms with van der Waals surface area (Å²) >= 11 is 0. The first kappa shape index (κ1) is 25.8. The van der Waals surface area contributed by atoms with Crippen LogP contribution < -0.4 is 10.2 Å². The van der Waals surface area contributed by atoms with Crippen molar-refractivity contribution >= 4 is 11.7 Å². The quantitative estimate of drug-likeness (QED) is 0.628. The average Bonchev–Trinajstić information content (AvgIpc) is 3.38. The maximum atomic E-state index is 13.2.